The van der Waals surface area contributed by atoms with Gasteiger partial charge in [0.15, 0.2) is 0 Å². The second-order valence-corrected chi connectivity index (χ2v) is 29.1. The fourth-order valence-corrected chi connectivity index (χ4v) is 12.3. The van der Waals surface area contributed by atoms with Gasteiger partial charge in [-0.25, -0.2) is 0 Å². The first-order valence-electron chi connectivity index (χ1n) is 25.2. The van der Waals surface area contributed by atoms with Crippen molar-refractivity contribution < 1.29 is 30.3 Å². The Morgan fingerprint density at radius 3 is 0.771 bits per heavy atom. The Morgan fingerprint density at radius 1 is 0.386 bits per heavy atom. The van der Waals surface area contributed by atoms with E-state index in [-0.39, 0.29) is 30.5 Å². The standard InChI is InChI=1S/C63H94O6.CH4/c1-33-37(29-41(55(5,6)7)50(64)45(33)59(17,18)19)49(38-30-42(56(8,9)10)51(65)46(34(38)2)60(20,21)22)63(54(68)69,39-31-43(57(11,12)13)52(66)47(35(39)3)61(23,24)25)40-32-44(58(14,15)16)53(67)48(36(40)4)62(26,27)28;/h29-32,37-40,49,64-67H,1-4H2,5-28H3,(H,68,69);1H4. The molecule has 0 bridgehead atoms. The van der Waals surface area contributed by atoms with Gasteiger partial charge in [-0.05, 0) is 93.8 Å². The Labute approximate surface area is 427 Å². The van der Waals surface area contributed by atoms with Gasteiger partial charge in [0, 0.05) is 46.0 Å². The molecule has 6 nitrogen and oxygen atoms in total. The number of carboxylic acids is 1. The molecule has 0 aliphatic heterocycles. The molecule has 6 heteroatoms. The zero-order chi connectivity index (χ0) is 54.0. The third-order valence-corrected chi connectivity index (χ3v) is 15.1. The molecule has 0 amide bonds. The first-order valence-corrected chi connectivity index (χ1v) is 25.2. The van der Waals surface area contributed by atoms with Crippen LogP contribution in [0.3, 0.4) is 0 Å². The summed E-state index contributed by atoms with van der Waals surface area (Å²) in [5.74, 6) is -5.28. The van der Waals surface area contributed by atoms with Gasteiger partial charge >= 0.3 is 5.97 Å². The molecule has 5 N–H and O–H groups in total. The van der Waals surface area contributed by atoms with E-state index in [2.05, 4.69) is 95.2 Å². The number of rotatable bonds is 6. The summed E-state index contributed by atoms with van der Waals surface area (Å²) in [4.78, 5) is 16.4. The summed E-state index contributed by atoms with van der Waals surface area (Å²) >= 11 is 0. The Hall–Kier alpha value is -4.45. The minimum atomic E-state index is -1.98. The van der Waals surface area contributed by atoms with Gasteiger partial charge in [-0.3, -0.25) is 4.79 Å². The zero-order valence-corrected chi connectivity index (χ0v) is 47.7. The van der Waals surface area contributed by atoms with Crippen molar-refractivity contribution in [1.29, 1.82) is 0 Å². The maximum atomic E-state index is 16.4. The maximum absolute atomic E-state index is 16.4. The minimum absolute atomic E-state index is 0. The van der Waals surface area contributed by atoms with Crippen LogP contribution in [0.15, 0.2) is 141 Å². The van der Waals surface area contributed by atoms with E-state index >= 15 is 4.79 Å². The van der Waals surface area contributed by atoms with Crippen LogP contribution in [0.1, 0.15) is 174 Å². The molecule has 390 valence electrons. The molecule has 4 aliphatic rings. The van der Waals surface area contributed by atoms with Crippen molar-refractivity contribution >= 4 is 5.97 Å². The highest BCUT2D eigenvalue weighted by Gasteiger charge is 2.65. The van der Waals surface area contributed by atoms with Crippen LogP contribution >= 0.6 is 0 Å². The third-order valence-electron chi connectivity index (χ3n) is 15.1. The Bertz CT molecular complexity index is 2320. The Morgan fingerprint density at radius 2 is 0.586 bits per heavy atom. The lowest BCUT2D eigenvalue weighted by atomic mass is 9.44. The number of hydrogen-bond acceptors (Lipinski definition) is 5. The van der Waals surface area contributed by atoms with Crippen molar-refractivity contribution in [3.8, 4) is 0 Å². The predicted octanol–water partition coefficient (Wildman–Crippen LogP) is 18.4. The molecule has 4 aliphatic carbocycles. The maximum Gasteiger partial charge on any atom is 0.311 e. The fourth-order valence-electron chi connectivity index (χ4n) is 12.3. The predicted molar refractivity (Wildman–Crippen MR) is 297 cm³/mol. The van der Waals surface area contributed by atoms with Gasteiger partial charge in [0.25, 0.3) is 0 Å². The summed E-state index contributed by atoms with van der Waals surface area (Å²) in [6.45, 7) is 68.6. The van der Waals surface area contributed by atoms with E-state index in [1.54, 1.807) is 0 Å². The molecule has 0 fully saturated rings. The molecule has 4 atom stereocenters. The average molecular weight is 963 g/mol. The molecular weight excluding hydrogens is 865 g/mol. The molecule has 70 heavy (non-hydrogen) atoms. The van der Waals surface area contributed by atoms with Crippen LogP contribution in [0.2, 0.25) is 0 Å². The van der Waals surface area contributed by atoms with Crippen molar-refractivity contribution in [3.05, 3.63) is 141 Å². The number of aliphatic hydroxyl groups is 4. The summed E-state index contributed by atoms with van der Waals surface area (Å²) in [6.07, 6.45) is 8.07. The smallest absolute Gasteiger partial charge is 0.311 e. The number of allylic oxidation sites excluding steroid dienone is 16. The molecule has 4 rings (SSSR count). The number of hydrogen-bond donors (Lipinski definition) is 5. The molecule has 0 heterocycles. The molecule has 0 radical (unpaired) electrons. The SMILES string of the molecule is C.C=C1C(C(C)(C)C)=C(O)C(C(C)(C)C)=CC1C(C1C=C(C(C)(C)C)C(O)=C(C(C)(C)C)C1=C)C(C(=O)O)(C1C=C(C(C)(C)C)C(O)=C(C(C)(C)C)C1=C)C1C=C(C(C)(C)C)C(O)=C(C(C)(C)C)C1=C. The molecule has 0 spiro atoms. The van der Waals surface area contributed by atoms with Crippen LogP contribution in [0.4, 0.5) is 0 Å². The van der Waals surface area contributed by atoms with Crippen molar-refractivity contribution in [2.45, 2.75) is 174 Å². The normalized spacial score (nSPS) is 24.5. The summed E-state index contributed by atoms with van der Waals surface area (Å²) in [5, 5.41) is 63.6. The largest absolute Gasteiger partial charge is 0.507 e. The lowest BCUT2D eigenvalue weighted by Gasteiger charge is -2.57. The summed E-state index contributed by atoms with van der Waals surface area (Å²) < 4.78 is 0. The van der Waals surface area contributed by atoms with Gasteiger partial charge in [0.05, 0.1) is 5.41 Å². The average Bonchev–Trinajstić information content (AvgIpc) is 3.07. The number of aliphatic hydroxyl groups excluding tert-OH is 4. The molecule has 0 aromatic carbocycles. The van der Waals surface area contributed by atoms with Crippen LogP contribution in [0.25, 0.3) is 0 Å². The van der Waals surface area contributed by atoms with Gasteiger partial charge in [0.1, 0.15) is 23.0 Å². The second-order valence-electron chi connectivity index (χ2n) is 29.1. The van der Waals surface area contributed by atoms with Crippen molar-refractivity contribution in [2.75, 3.05) is 0 Å². The lowest BCUT2D eigenvalue weighted by molar-refractivity contribution is -0.160. The van der Waals surface area contributed by atoms with E-state index in [9.17, 15) is 25.5 Å². The number of carbonyl (C=O) groups is 1. The van der Waals surface area contributed by atoms with E-state index < -0.39 is 84.3 Å². The molecule has 0 aromatic rings. The van der Waals surface area contributed by atoms with E-state index in [1.165, 1.54) is 0 Å². The monoisotopic (exact) mass is 963 g/mol. The molecular formula is C64H98O6. The van der Waals surface area contributed by atoms with Crippen LogP contribution in [0.5, 0.6) is 0 Å². The van der Waals surface area contributed by atoms with E-state index in [4.69, 9.17) is 26.3 Å². The Balaban J connectivity index is 0.0000130. The molecule has 0 saturated carbocycles. The highest BCUT2D eigenvalue weighted by Crippen LogP contribution is 2.67. The molecule has 4 unspecified atom stereocenters. The summed E-state index contributed by atoms with van der Waals surface area (Å²) in [6, 6.07) is 0. The first-order chi connectivity index (χ1) is 30.5. The fraction of sp³-hybridized carbons (Fsp3) is 0.609. The minimum Gasteiger partial charge on any atom is -0.507 e. The van der Waals surface area contributed by atoms with Gasteiger partial charge in [-0.2, -0.15) is 0 Å². The Kier molecular flexibility index (Phi) is 15.6. The van der Waals surface area contributed by atoms with Crippen LogP contribution in [-0.4, -0.2) is 31.5 Å². The highest BCUT2D eigenvalue weighted by atomic mass is 16.4. The topological polar surface area (TPSA) is 118 Å². The molecule has 0 saturated heterocycles. The van der Waals surface area contributed by atoms with Crippen LogP contribution in [-0.2, 0) is 4.79 Å². The zero-order valence-electron chi connectivity index (χ0n) is 47.7. The first kappa shape index (κ1) is 59.9. The van der Waals surface area contributed by atoms with Crippen LogP contribution in [0, 0.1) is 78.3 Å². The van der Waals surface area contributed by atoms with Gasteiger partial charge in [-0.15, -0.1) is 0 Å². The summed E-state index contributed by atoms with van der Waals surface area (Å²) in [7, 11) is 0. The van der Waals surface area contributed by atoms with Crippen molar-refractivity contribution in [3.63, 3.8) is 0 Å². The van der Waals surface area contributed by atoms with E-state index in [0.717, 1.165) is 0 Å². The van der Waals surface area contributed by atoms with Crippen molar-refractivity contribution in [1.82, 2.24) is 0 Å². The number of aliphatic carboxylic acids is 1. The quantitative estimate of drug-likeness (QED) is 0.181. The van der Waals surface area contributed by atoms with Gasteiger partial charge in [-0.1, -0.05) is 224 Å². The van der Waals surface area contributed by atoms with Crippen molar-refractivity contribution in [2.24, 2.45) is 78.3 Å². The highest BCUT2D eigenvalue weighted by molar-refractivity contribution is 5.82. The lowest BCUT2D eigenvalue weighted by Crippen LogP contribution is -2.58. The third kappa shape index (κ3) is 10.3. The van der Waals surface area contributed by atoms with Gasteiger partial charge in [0.2, 0.25) is 0 Å². The van der Waals surface area contributed by atoms with E-state index in [0.29, 0.717) is 66.9 Å². The van der Waals surface area contributed by atoms with Gasteiger partial charge < -0.3 is 25.5 Å². The number of carboxylic acid groups (broad SMARTS) is 1. The second kappa shape index (κ2) is 18.2. The summed E-state index contributed by atoms with van der Waals surface area (Å²) in [5.41, 5.74) is -0.0920. The van der Waals surface area contributed by atoms with Crippen LogP contribution < -0.4 is 0 Å². The molecule has 0 aromatic heterocycles. The van der Waals surface area contributed by atoms with E-state index in [1.807, 2.05) is 95.2 Å².